The number of amides is 2. The molecule has 2 bridgehead atoms. The molecule has 5 heteroatoms. The van der Waals surface area contributed by atoms with E-state index in [0.29, 0.717) is 23.6 Å². The summed E-state index contributed by atoms with van der Waals surface area (Å²) >= 11 is 0. The van der Waals surface area contributed by atoms with Gasteiger partial charge in [-0.25, -0.2) is 4.90 Å². The molecular formula is C21H21NO4. The van der Waals surface area contributed by atoms with Crippen LogP contribution in [0.25, 0.3) is 0 Å². The number of allylic oxidation sites excluding steroid dienone is 2. The van der Waals surface area contributed by atoms with Crippen LogP contribution in [-0.4, -0.2) is 24.2 Å². The highest BCUT2D eigenvalue weighted by atomic mass is 16.5. The molecule has 3 aliphatic carbocycles. The van der Waals surface area contributed by atoms with Crippen molar-refractivity contribution in [2.75, 3.05) is 11.5 Å². The predicted octanol–water partition coefficient (Wildman–Crippen LogP) is 2.99. The Morgan fingerprint density at radius 1 is 1.15 bits per heavy atom. The zero-order valence-corrected chi connectivity index (χ0v) is 14.9. The molecule has 3 fully saturated rings. The number of imide groups is 1. The van der Waals surface area contributed by atoms with E-state index in [0.717, 1.165) is 12.8 Å². The fraction of sp³-hybridized carbons (Fsp3) is 0.476. The van der Waals surface area contributed by atoms with E-state index in [1.54, 1.807) is 18.2 Å². The van der Waals surface area contributed by atoms with Gasteiger partial charge in [0.15, 0.2) is 5.78 Å². The lowest BCUT2D eigenvalue weighted by Gasteiger charge is -2.23. The lowest BCUT2D eigenvalue weighted by atomic mass is 9.85. The Morgan fingerprint density at radius 3 is 2.27 bits per heavy atom. The fourth-order valence-corrected chi connectivity index (χ4v) is 5.50. The van der Waals surface area contributed by atoms with Crippen LogP contribution in [0.15, 0.2) is 30.4 Å². The van der Waals surface area contributed by atoms with E-state index in [1.807, 2.05) is 6.92 Å². The van der Waals surface area contributed by atoms with Gasteiger partial charge in [0.25, 0.3) is 0 Å². The normalized spacial score (nSPS) is 32.5. The molecule has 1 aromatic carbocycles. The van der Waals surface area contributed by atoms with Crippen LogP contribution in [0.1, 0.15) is 37.0 Å². The van der Waals surface area contributed by atoms with Crippen molar-refractivity contribution < 1.29 is 19.1 Å². The summed E-state index contributed by atoms with van der Waals surface area (Å²) in [5.41, 5.74) is 1.06. The molecule has 4 atom stereocenters. The second-order valence-electron chi connectivity index (χ2n) is 7.90. The molecule has 1 saturated heterocycles. The third-order valence-electron chi connectivity index (χ3n) is 6.76. The lowest BCUT2D eigenvalue weighted by molar-refractivity contribution is -0.123. The summed E-state index contributed by atoms with van der Waals surface area (Å²) in [7, 11) is 0. The highest BCUT2D eigenvalue weighted by Crippen LogP contribution is 2.73. The van der Waals surface area contributed by atoms with Crippen molar-refractivity contribution in [2.45, 2.75) is 26.7 Å². The minimum Gasteiger partial charge on any atom is -0.492 e. The molecule has 0 aromatic heterocycles. The highest BCUT2D eigenvalue weighted by Gasteiger charge is 2.73. The van der Waals surface area contributed by atoms with Gasteiger partial charge in [0.2, 0.25) is 11.8 Å². The molecule has 134 valence electrons. The fourth-order valence-electron chi connectivity index (χ4n) is 5.50. The molecule has 0 N–H and O–H groups in total. The summed E-state index contributed by atoms with van der Waals surface area (Å²) in [5.74, 6) is -0.0377. The van der Waals surface area contributed by atoms with E-state index in [9.17, 15) is 14.4 Å². The zero-order chi connectivity index (χ0) is 18.2. The zero-order valence-electron chi connectivity index (χ0n) is 14.9. The largest absolute Gasteiger partial charge is 0.492 e. The van der Waals surface area contributed by atoms with Crippen molar-refractivity contribution in [2.24, 2.45) is 29.1 Å². The van der Waals surface area contributed by atoms with Crippen LogP contribution in [0, 0.1) is 29.1 Å². The average Bonchev–Trinajstić information content (AvgIpc) is 3.21. The van der Waals surface area contributed by atoms with Crippen molar-refractivity contribution in [1.29, 1.82) is 0 Å². The number of rotatable bonds is 4. The second-order valence-corrected chi connectivity index (χ2v) is 7.90. The topological polar surface area (TPSA) is 63.7 Å². The van der Waals surface area contributed by atoms with E-state index < -0.39 is 0 Å². The second kappa shape index (κ2) is 5.06. The number of hydrogen-bond acceptors (Lipinski definition) is 4. The predicted molar refractivity (Wildman–Crippen MR) is 94.9 cm³/mol. The van der Waals surface area contributed by atoms with E-state index in [4.69, 9.17) is 4.74 Å². The lowest BCUT2D eigenvalue weighted by Crippen LogP contribution is -2.35. The highest BCUT2D eigenvalue weighted by molar-refractivity contribution is 6.24. The molecular weight excluding hydrogens is 330 g/mol. The Hall–Kier alpha value is -2.43. The summed E-state index contributed by atoms with van der Waals surface area (Å²) < 4.78 is 5.65. The number of carbonyl (C=O) groups is 3. The Morgan fingerprint density at radius 2 is 1.77 bits per heavy atom. The number of carbonyl (C=O) groups excluding carboxylic acids is 3. The first-order valence-corrected chi connectivity index (χ1v) is 9.33. The number of fused-ring (bicyclic) bond motifs is 3. The molecule has 0 radical (unpaired) electrons. The summed E-state index contributed by atoms with van der Waals surface area (Å²) in [5, 5.41) is 0. The van der Waals surface area contributed by atoms with Crippen molar-refractivity contribution in [3.05, 3.63) is 35.9 Å². The van der Waals surface area contributed by atoms with Crippen LogP contribution < -0.4 is 9.64 Å². The minimum absolute atomic E-state index is 0.104. The molecule has 2 amide bonds. The quantitative estimate of drug-likeness (QED) is 0.475. The van der Waals surface area contributed by atoms with Crippen LogP contribution in [0.4, 0.5) is 5.69 Å². The first-order chi connectivity index (χ1) is 12.5. The van der Waals surface area contributed by atoms with Crippen molar-refractivity contribution in [3.8, 4) is 5.75 Å². The van der Waals surface area contributed by atoms with Gasteiger partial charge in [0.05, 0.1) is 24.1 Å². The number of ketones is 1. The molecule has 2 saturated carbocycles. The summed E-state index contributed by atoms with van der Waals surface area (Å²) in [6.07, 6.45) is 6.55. The number of ether oxygens (including phenoxy) is 1. The van der Waals surface area contributed by atoms with Gasteiger partial charge in [-0.1, -0.05) is 12.2 Å². The van der Waals surface area contributed by atoms with Gasteiger partial charge in [-0.15, -0.1) is 0 Å². The first kappa shape index (κ1) is 15.8. The third-order valence-corrected chi connectivity index (χ3v) is 6.76. The minimum atomic E-state index is -0.254. The molecule has 5 rings (SSSR count). The van der Waals surface area contributed by atoms with Gasteiger partial charge in [0, 0.05) is 5.56 Å². The Labute approximate surface area is 152 Å². The maximum Gasteiger partial charge on any atom is 0.238 e. The number of Topliss-reactive ketones (excluding diaryl/α,β-unsaturated/α-hetero) is 1. The third kappa shape index (κ3) is 1.78. The molecule has 5 nitrogen and oxygen atoms in total. The van der Waals surface area contributed by atoms with E-state index in [1.165, 1.54) is 11.8 Å². The monoisotopic (exact) mass is 351 g/mol. The molecule has 4 aliphatic rings. The molecule has 1 heterocycles. The summed E-state index contributed by atoms with van der Waals surface area (Å²) in [4.78, 5) is 39.6. The Balaban J connectivity index is 1.58. The Bertz CT molecular complexity index is 848. The van der Waals surface area contributed by atoms with Crippen molar-refractivity contribution >= 4 is 23.3 Å². The molecule has 1 spiro atoms. The van der Waals surface area contributed by atoms with Crippen LogP contribution in [0.2, 0.25) is 0 Å². The number of benzene rings is 1. The van der Waals surface area contributed by atoms with Gasteiger partial charge in [-0.3, -0.25) is 14.4 Å². The van der Waals surface area contributed by atoms with Crippen LogP contribution >= 0.6 is 0 Å². The molecule has 26 heavy (non-hydrogen) atoms. The smallest absolute Gasteiger partial charge is 0.238 e. The van der Waals surface area contributed by atoms with Crippen molar-refractivity contribution in [3.63, 3.8) is 0 Å². The van der Waals surface area contributed by atoms with Crippen LogP contribution in [0.3, 0.4) is 0 Å². The maximum absolute atomic E-state index is 13.3. The average molecular weight is 351 g/mol. The number of anilines is 1. The van der Waals surface area contributed by atoms with E-state index in [-0.39, 0.29) is 46.7 Å². The van der Waals surface area contributed by atoms with Gasteiger partial charge < -0.3 is 4.74 Å². The standard InChI is InChI=1S/C21H21NO4/c1-3-26-16-7-4-12(11(2)23)10-15(16)22-19(24)17-13-5-6-14(18(17)20(22)25)21(13)8-9-21/h4-7,10,13-14,17-18H,3,8-9H2,1-2H3/t13?,14?,17-,18+. The Kier molecular flexibility index (Phi) is 3.07. The van der Waals surface area contributed by atoms with Gasteiger partial charge in [0.1, 0.15) is 5.75 Å². The summed E-state index contributed by atoms with van der Waals surface area (Å²) in [6, 6.07) is 4.97. The first-order valence-electron chi connectivity index (χ1n) is 9.33. The van der Waals surface area contributed by atoms with Gasteiger partial charge >= 0.3 is 0 Å². The van der Waals surface area contributed by atoms with Crippen LogP contribution in [-0.2, 0) is 9.59 Å². The van der Waals surface area contributed by atoms with Gasteiger partial charge in [-0.2, -0.15) is 0 Å². The van der Waals surface area contributed by atoms with Crippen molar-refractivity contribution in [1.82, 2.24) is 0 Å². The van der Waals surface area contributed by atoms with E-state index >= 15 is 0 Å². The molecule has 2 unspecified atom stereocenters. The maximum atomic E-state index is 13.3. The molecule has 1 aromatic rings. The van der Waals surface area contributed by atoms with Crippen LogP contribution in [0.5, 0.6) is 5.75 Å². The van der Waals surface area contributed by atoms with Gasteiger partial charge in [-0.05, 0) is 62.1 Å². The SMILES string of the molecule is CCOc1ccc(C(C)=O)cc1N1C(=O)[C@@H]2C3C=CC([C@@H]2C1=O)C31CC1. The summed E-state index contributed by atoms with van der Waals surface area (Å²) in [6.45, 7) is 3.75. The molecule has 1 aliphatic heterocycles. The van der Waals surface area contributed by atoms with E-state index in [2.05, 4.69) is 12.2 Å². The number of hydrogen-bond donors (Lipinski definition) is 0. The number of nitrogens with zero attached hydrogens (tertiary/aromatic N) is 1.